The van der Waals surface area contributed by atoms with E-state index in [-0.39, 0.29) is 21.8 Å². The third kappa shape index (κ3) is 4.29. The number of nitrogens with zero attached hydrogens (tertiary/aromatic N) is 4. The van der Waals surface area contributed by atoms with Crippen molar-refractivity contribution in [3.63, 3.8) is 0 Å². The summed E-state index contributed by atoms with van der Waals surface area (Å²) in [6, 6.07) is 16.0. The van der Waals surface area contributed by atoms with Crippen molar-refractivity contribution in [2.24, 2.45) is 0 Å². The zero-order valence-corrected chi connectivity index (χ0v) is 20.7. The highest BCUT2D eigenvalue weighted by atomic mass is 32.2. The molecule has 9 nitrogen and oxygen atoms in total. The van der Waals surface area contributed by atoms with Crippen molar-refractivity contribution in [3.8, 4) is 5.69 Å². The molecule has 36 heavy (non-hydrogen) atoms. The van der Waals surface area contributed by atoms with Gasteiger partial charge in [-0.05, 0) is 67.6 Å². The maximum atomic E-state index is 13.0. The maximum absolute atomic E-state index is 13.0. The van der Waals surface area contributed by atoms with Gasteiger partial charge in [-0.3, -0.25) is 19.7 Å². The van der Waals surface area contributed by atoms with Crippen LogP contribution in [0.15, 0.2) is 59.5 Å². The number of morpholine rings is 1. The van der Waals surface area contributed by atoms with E-state index in [0.717, 1.165) is 28.7 Å². The van der Waals surface area contributed by atoms with Crippen molar-refractivity contribution in [3.05, 3.63) is 86.6 Å². The Labute approximate surface area is 212 Å². The molecule has 3 aromatic rings. The number of ether oxygens (including phenoxy) is 1. The Morgan fingerprint density at radius 1 is 1.00 bits per heavy atom. The number of benzene rings is 2. The lowest BCUT2D eigenvalue weighted by atomic mass is 10.2. The smallest absolute Gasteiger partial charge is 0.298 e. The van der Waals surface area contributed by atoms with Crippen LogP contribution in [0.4, 0.5) is 21.9 Å². The number of thioether (sulfide) groups is 1. The van der Waals surface area contributed by atoms with E-state index in [1.807, 2.05) is 41.5 Å². The van der Waals surface area contributed by atoms with Gasteiger partial charge in [0.15, 0.2) is 0 Å². The number of hydrogen-bond acceptors (Lipinski definition) is 7. The first-order chi connectivity index (χ1) is 17.3. The molecule has 0 spiro atoms. The van der Waals surface area contributed by atoms with E-state index in [0.29, 0.717) is 48.3 Å². The summed E-state index contributed by atoms with van der Waals surface area (Å²) in [4.78, 5) is 40.6. The number of carbonyl (C=O) groups is 2. The van der Waals surface area contributed by atoms with Gasteiger partial charge >= 0.3 is 0 Å². The molecule has 1 aromatic heterocycles. The Bertz CT molecular complexity index is 1390. The van der Waals surface area contributed by atoms with Gasteiger partial charge in [-0.1, -0.05) is 18.2 Å². The molecule has 3 heterocycles. The quantitative estimate of drug-likeness (QED) is 0.271. The van der Waals surface area contributed by atoms with Crippen LogP contribution in [0.2, 0.25) is 0 Å². The summed E-state index contributed by atoms with van der Waals surface area (Å²) < 4.78 is 7.30. The fraction of sp³-hybridized carbons (Fsp3) is 0.231. The topological polar surface area (TPSA) is 97.9 Å². The Balaban J connectivity index is 1.49. The number of imide groups is 1. The molecule has 2 aromatic carbocycles. The SMILES string of the molecule is Cc1cc(/C=C2\SC(=O)N(c3ccccc3)C2=O)c(C)n1-c1ccc(N2CCOCC2)c([N+](=O)[O-])c1. The summed E-state index contributed by atoms with van der Waals surface area (Å²) in [7, 11) is 0. The minimum atomic E-state index is -0.369. The summed E-state index contributed by atoms with van der Waals surface area (Å²) in [5.74, 6) is -0.369. The molecule has 2 aliphatic rings. The predicted octanol–water partition coefficient (Wildman–Crippen LogP) is 5.08. The molecule has 2 amide bonds. The number of aryl methyl sites for hydroxylation is 1. The van der Waals surface area contributed by atoms with Gasteiger partial charge in [0.2, 0.25) is 0 Å². The lowest BCUT2D eigenvalue weighted by Crippen LogP contribution is -2.36. The second kappa shape index (κ2) is 9.63. The lowest BCUT2D eigenvalue weighted by molar-refractivity contribution is -0.384. The van der Waals surface area contributed by atoms with Crippen LogP contribution in [0.5, 0.6) is 0 Å². The molecule has 10 heteroatoms. The number of amides is 2. The zero-order chi connectivity index (χ0) is 25.4. The van der Waals surface area contributed by atoms with Crippen LogP contribution in [0.3, 0.4) is 0 Å². The first kappa shape index (κ1) is 23.8. The van der Waals surface area contributed by atoms with E-state index in [1.54, 1.807) is 42.5 Å². The highest BCUT2D eigenvalue weighted by Crippen LogP contribution is 2.37. The summed E-state index contributed by atoms with van der Waals surface area (Å²) in [5.41, 5.74) is 4.23. The molecule has 0 bridgehead atoms. The molecule has 2 fully saturated rings. The van der Waals surface area contributed by atoms with E-state index >= 15 is 0 Å². The number of nitro groups is 1. The minimum absolute atomic E-state index is 0.0347. The van der Waals surface area contributed by atoms with Gasteiger partial charge in [-0.25, -0.2) is 4.90 Å². The molecule has 0 atom stereocenters. The summed E-state index contributed by atoms with van der Waals surface area (Å²) in [6.07, 6.45) is 1.71. The number of hydrogen-bond donors (Lipinski definition) is 0. The summed E-state index contributed by atoms with van der Waals surface area (Å²) in [6.45, 7) is 6.07. The van der Waals surface area contributed by atoms with Gasteiger partial charge in [-0.15, -0.1) is 0 Å². The van der Waals surface area contributed by atoms with Crippen molar-refractivity contribution in [2.75, 3.05) is 36.1 Å². The van der Waals surface area contributed by atoms with E-state index in [1.165, 1.54) is 4.90 Å². The van der Waals surface area contributed by atoms with Crippen LogP contribution < -0.4 is 9.80 Å². The third-order valence-corrected chi connectivity index (χ3v) is 7.20. The Kier molecular flexibility index (Phi) is 6.38. The monoisotopic (exact) mass is 504 g/mol. The van der Waals surface area contributed by atoms with Gasteiger partial charge in [0.1, 0.15) is 5.69 Å². The van der Waals surface area contributed by atoms with E-state index in [4.69, 9.17) is 4.74 Å². The van der Waals surface area contributed by atoms with E-state index in [9.17, 15) is 19.7 Å². The molecule has 0 saturated carbocycles. The molecule has 0 unspecified atom stereocenters. The second-order valence-corrected chi connectivity index (χ2v) is 9.54. The summed E-state index contributed by atoms with van der Waals surface area (Å²) >= 11 is 0.899. The second-order valence-electron chi connectivity index (χ2n) is 8.54. The predicted molar refractivity (Wildman–Crippen MR) is 140 cm³/mol. The van der Waals surface area contributed by atoms with Crippen LogP contribution in [-0.2, 0) is 9.53 Å². The van der Waals surface area contributed by atoms with Crippen LogP contribution in [0, 0.1) is 24.0 Å². The lowest BCUT2D eigenvalue weighted by Gasteiger charge is -2.28. The van der Waals surface area contributed by atoms with Crippen molar-refractivity contribution < 1.29 is 19.2 Å². The fourth-order valence-corrected chi connectivity index (χ4v) is 5.44. The number of anilines is 2. The van der Waals surface area contributed by atoms with E-state index in [2.05, 4.69) is 0 Å². The molecule has 2 saturated heterocycles. The van der Waals surface area contributed by atoms with E-state index < -0.39 is 0 Å². The Morgan fingerprint density at radius 3 is 2.42 bits per heavy atom. The molecule has 0 radical (unpaired) electrons. The molecular formula is C26H24N4O5S. The van der Waals surface area contributed by atoms with Gasteiger partial charge in [0.05, 0.1) is 34.4 Å². The Morgan fingerprint density at radius 2 is 1.72 bits per heavy atom. The average molecular weight is 505 g/mol. The molecule has 2 aliphatic heterocycles. The van der Waals surface area contributed by atoms with Gasteiger partial charge < -0.3 is 14.2 Å². The number of aromatic nitrogens is 1. The number of nitro benzene ring substituents is 1. The standard InChI is InChI=1S/C26H24N4O5S/c1-17-14-19(15-24-25(31)29(26(32)36-24)20-6-4-3-5-7-20)18(2)28(17)21-8-9-22(23(16-21)30(33)34)27-10-12-35-13-11-27/h3-9,14-16H,10-13H2,1-2H3/b24-15-. The highest BCUT2D eigenvalue weighted by molar-refractivity contribution is 8.19. The third-order valence-electron chi connectivity index (χ3n) is 6.33. The largest absolute Gasteiger partial charge is 0.378 e. The molecular weight excluding hydrogens is 480 g/mol. The maximum Gasteiger partial charge on any atom is 0.298 e. The van der Waals surface area contributed by atoms with Gasteiger partial charge in [0.25, 0.3) is 16.8 Å². The van der Waals surface area contributed by atoms with Gasteiger partial charge in [0, 0.05) is 30.5 Å². The fourth-order valence-electron chi connectivity index (χ4n) is 4.61. The molecule has 0 N–H and O–H groups in total. The van der Waals surface area contributed by atoms with Crippen molar-refractivity contribution in [1.82, 2.24) is 4.57 Å². The Hall–Kier alpha value is -3.89. The molecule has 5 rings (SSSR count). The highest BCUT2D eigenvalue weighted by Gasteiger charge is 2.36. The normalized spacial score (nSPS) is 17.3. The van der Waals surface area contributed by atoms with Gasteiger partial charge in [-0.2, -0.15) is 0 Å². The average Bonchev–Trinajstić information content (AvgIpc) is 3.32. The van der Waals surface area contributed by atoms with Crippen molar-refractivity contribution in [1.29, 1.82) is 0 Å². The van der Waals surface area contributed by atoms with Crippen molar-refractivity contribution in [2.45, 2.75) is 13.8 Å². The molecule has 0 aliphatic carbocycles. The van der Waals surface area contributed by atoms with Crippen LogP contribution >= 0.6 is 11.8 Å². The number of para-hydroxylation sites is 1. The molecule has 184 valence electrons. The number of carbonyl (C=O) groups excluding carboxylic acids is 2. The first-order valence-electron chi connectivity index (χ1n) is 11.5. The number of rotatable bonds is 5. The van der Waals surface area contributed by atoms with Crippen LogP contribution in [0.25, 0.3) is 11.8 Å². The minimum Gasteiger partial charge on any atom is -0.378 e. The first-order valence-corrected chi connectivity index (χ1v) is 12.3. The summed E-state index contributed by atoms with van der Waals surface area (Å²) in [5, 5.41) is 11.6. The van der Waals surface area contributed by atoms with Crippen LogP contribution in [0.1, 0.15) is 17.0 Å². The zero-order valence-electron chi connectivity index (χ0n) is 19.8. The van der Waals surface area contributed by atoms with Crippen LogP contribution in [-0.4, -0.2) is 46.9 Å². The van der Waals surface area contributed by atoms with Crippen molar-refractivity contribution >= 4 is 46.0 Å².